The first kappa shape index (κ1) is 18.2. The maximum Gasteiger partial charge on any atom is 0.268 e. The van der Waals surface area contributed by atoms with E-state index in [2.05, 4.69) is 20.4 Å². The Kier molecular flexibility index (Phi) is 4.39. The summed E-state index contributed by atoms with van der Waals surface area (Å²) in [5, 5.41) is 11.5. The highest BCUT2D eigenvalue weighted by Crippen LogP contribution is 2.36. The Labute approximate surface area is 164 Å². The van der Waals surface area contributed by atoms with Crippen LogP contribution in [0.1, 0.15) is 39.8 Å². The summed E-state index contributed by atoms with van der Waals surface area (Å²) in [7, 11) is 0. The second-order valence-electron chi connectivity index (χ2n) is 6.78. The number of benzene rings is 1. The number of rotatable bonds is 4. The van der Waals surface area contributed by atoms with E-state index in [-0.39, 0.29) is 11.1 Å². The van der Waals surface area contributed by atoms with Gasteiger partial charge in [-0.2, -0.15) is 0 Å². The molecule has 0 unspecified atom stereocenters. The fourth-order valence-electron chi connectivity index (χ4n) is 3.56. The number of hydrogen-bond donors (Lipinski definition) is 4. The maximum atomic E-state index is 12.5. The van der Waals surface area contributed by atoms with Crippen molar-refractivity contribution >= 4 is 11.6 Å². The second kappa shape index (κ2) is 6.76. The van der Waals surface area contributed by atoms with E-state index in [4.69, 9.17) is 16.0 Å². The Morgan fingerprint density at radius 1 is 0.857 bits per heavy atom. The molecule has 28 heavy (non-hydrogen) atoms. The van der Waals surface area contributed by atoms with Gasteiger partial charge in [-0.3, -0.25) is 19.8 Å². The van der Waals surface area contributed by atoms with Crippen molar-refractivity contribution in [2.24, 2.45) is 0 Å². The summed E-state index contributed by atoms with van der Waals surface area (Å²) in [6.45, 7) is 5.47. The Hall–Kier alpha value is -3.19. The molecule has 0 aliphatic carbocycles. The Balaban J connectivity index is 1.92. The fourth-order valence-corrected chi connectivity index (χ4v) is 3.74. The lowest BCUT2D eigenvalue weighted by Crippen LogP contribution is -2.19. The molecule has 7 nitrogen and oxygen atoms in total. The van der Waals surface area contributed by atoms with Gasteiger partial charge < -0.3 is 14.6 Å². The zero-order valence-corrected chi connectivity index (χ0v) is 16.3. The first-order valence-corrected chi connectivity index (χ1v) is 9.15. The molecule has 3 heterocycles. The minimum Gasteiger partial charge on any atom is -0.460 e. The maximum absolute atomic E-state index is 12.5. The van der Waals surface area contributed by atoms with Crippen molar-refractivity contribution in [3.63, 3.8) is 0 Å². The lowest BCUT2D eigenvalue weighted by atomic mass is 9.89. The number of furan rings is 1. The van der Waals surface area contributed by atoms with Crippen LogP contribution in [0.2, 0.25) is 5.02 Å². The molecule has 144 valence electrons. The monoisotopic (exact) mass is 398 g/mol. The van der Waals surface area contributed by atoms with Gasteiger partial charge in [-0.05, 0) is 44.5 Å². The van der Waals surface area contributed by atoms with Crippen LogP contribution in [0.3, 0.4) is 0 Å². The minimum absolute atomic E-state index is 0.292. The molecule has 4 aromatic rings. The van der Waals surface area contributed by atoms with Crippen molar-refractivity contribution in [1.29, 1.82) is 0 Å². The average Bonchev–Trinajstić information content (AvgIpc) is 3.35. The Morgan fingerprint density at radius 3 is 2.00 bits per heavy atom. The van der Waals surface area contributed by atoms with Gasteiger partial charge in [0.25, 0.3) is 11.1 Å². The predicted molar refractivity (Wildman–Crippen MR) is 107 cm³/mol. The molecule has 8 heteroatoms. The summed E-state index contributed by atoms with van der Waals surface area (Å²) in [5.74, 6) is 0.461. The van der Waals surface area contributed by atoms with Crippen LogP contribution >= 0.6 is 11.6 Å². The topological polar surface area (TPSA) is 110 Å². The van der Waals surface area contributed by atoms with Gasteiger partial charge in [0.05, 0.1) is 17.0 Å². The predicted octanol–water partition coefficient (Wildman–Crippen LogP) is 3.74. The van der Waals surface area contributed by atoms with E-state index < -0.39 is 5.92 Å². The van der Waals surface area contributed by atoms with E-state index in [1.807, 2.05) is 31.2 Å². The van der Waals surface area contributed by atoms with Crippen LogP contribution in [0.25, 0.3) is 11.3 Å². The minimum atomic E-state index is -0.654. The number of aryl methyl sites for hydroxylation is 2. The molecule has 0 aliphatic heterocycles. The van der Waals surface area contributed by atoms with Crippen LogP contribution in [-0.4, -0.2) is 20.4 Å². The number of nitrogens with one attached hydrogen (secondary N) is 4. The summed E-state index contributed by atoms with van der Waals surface area (Å²) in [6.07, 6.45) is 0. The molecule has 0 saturated heterocycles. The lowest BCUT2D eigenvalue weighted by molar-refractivity contribution is 0.513. The molecule has 0 amide bonds. The molecular formula is C20H19ClN4O3. The van der Waals surface area contributed by atoms with Crippen LogP contribution in [0.15, 0.2) is 44.3 Å². The second-order valence-corrected chi connectivity index (χ2v) is 7.19. The molecule has 4 N–H and O–H groups in total. The summed E-state index contributed by atoms with van der Waals surface area (Å²) in [6, 6.07) is 9.21. The van der Waals surface area contributed by atoms with Gasteiger partial charge in [-0.15, -0.1) is 0 Å². The van der Waals surface area contributed by atoms with Gasteiger partial charge in [0, 0.05) is 22.0 Å². The van der Waals surface area contributed by atoms with Crippen LogP contribution < -0.4 is 11.1 Å². The Bertz CT molecular complexity index is 1220. The molecule has 0 spiro atoms. The molecule has 4 rings (SSSR count). The number of aromatic nitrogens is 4. The van der Waals surface area contributed by atoms with E-state index in [0.717, 1.165) is 11.1 Å². The molecule has 1 aromatic carbocycles. The largest absolute Gasteiger partial charge is 0.460 e. The smallest absolute Gasteiger partial charge is 0.268 e. The van der Waals surface area contributed by atoms with E-state index in [1.54, 1.807) is 19.9 Å². The molecule has 3 aromatic heterocycles. The molecule has 0 atom stereocenters. The van der Waals surface area contributed by atoms with E-state index in [0.29, 0.717) is 39.1 Å². The highest BCUT2D eigenvalue weighted by atomic mass is 35.5. The number of halogens is 1. The molecule has 0 aliphatic rings. The van der Waals surface area contributed by atoms with Gasteiger partial charge in [-0.1, -0.05) is 23.7 Å². The van der Waals surface area contributed by atoms with Crippen molar-refractivity contribution in [3.05, 3.63) is 89.9 Å². The van der Waals surface area contributed by atoms with Gasteiger partial charge >= 0.3 is 0 Å². The van der Waals surface area contributed by atoms with Crippen molar-refractivity contribution < 1.29 is 4.42 Å². The van der Waals surface area contributed by atoms with Crippen LogP contribution in [0.4, 0.5) is 0 Å². The van der Waals surface area contributed by atoms with Gasteiger partial charge in [0.2, 0.25) is 0 Å². The Morgan fingerprint density at radius 2 is 1.46 bits per heavy atom. The lowest BCUT2D eigenvalue weighted by Gasteiger charge is -2.13. The van der Waals surface area contributed by atoms with Crippen molar-refractivity contribution in [1.82, 2.24) is 20.4 Å². The third kappa shape index (κ3) is 2.84. The third-order valence-electron chi connectivity index (χ3n) is 5.05. The normalized spacial score (nSPS) is 11.5. The number of H-pyrrole nitrogens is 4. The SMILES string of the molecule is Cc1[nH][nH]c(=O)c1C(c1ccc(-c2cccc(Cl)c2C)o1)c1c(C)[nH][nH]c1=O. The molecule has 0 radical (unpaired) electrons. The van der Waals surface area contributed by atoms with Crippen LogP contribution in [-0.2, 0) is 0 Å². The van der Waals surface area contributed by atoms with E-state index in [9.17, 15) is 9.59 Å². The molecular weight excluding hydrogens is 380 g/mol. The summed E-state index contributed by atoms with van der Waals surface area (Å²) in [5.41, 5.74) is 3.34. The zero-order chi connectivity index (χ0) is 20.0. The van der Waals surface area contributed by atoms with Crippen LogP contribution in [0, 0.1) is 20.8 Å². The highest BCUT2D eigenvalue weighted by molar-refractivity contribution is 6.31. The first-order valence-electron chi connectivity index (χ1n) is 8.78. The summed E-state index contributed by atoms with van der Waals surface area (Å²) in [4.78, 5) is 25.0. The van der Waals surface area contributed by atoms with E-state index in [1.165, 1.54) is 0 Å². The molecule has 0 fully saturated rings. The number of aromatic amines is 4. The zero-order valence-electron chi connectivity index (χ0n) is 15.6. The van der Waals surface area contributed by atoms with Crippen molar-refractivity contribution in [2.45, 2.75) is 26.7 Å². The quantitative estimate of drug-likeness (QED) is 0.420. The molecule has 0 saturated carbocycles. The first-order chi connectivity index (χ1) is 13.4. The standard InChI is InChI=1S/C20H19ClN4O3/c1-9-12(5-4-6-13(9)21)14-7-8-15(28-14)18(16-10(2)22-24-19(16)26)17-11(3)23-25-20(17)27/h4-8,18H,1-3H3,(H2,22,24,26)(H2,23,25,27). The van der Waals surface area contributed by atoms with Gasteiger partial charge in [-0.25, -0.2) is 0 Å². The average molecular weight is 399 g/mol. The van der Waals surface area contributed by atoms with Crippen LogP contribution in [0.5, 0.6) is 0 Å². The van der Waals surface area contributed by atoms with Crippen molar-refractivity contribution in [3.8, 4) is 11.3 Å². The number of hydrogen-bond acceptors (Lipinski definition) is 3. The fraction of sp³-hybridized carbons (Fsp3) is 0.200. The van der Waals surface area contributed by atoms with Crippen molar-refractivity contribution in [2.75, 3.05) is 0 Å². The van der Waals surface area contributed by atoms with Gasteiger partial charge in [0.1, 0.15) is 11.5 Å². The summed E-state index contributed by atoms with van der Waals surface area (Å²) < 4.78 is 6.14. The summed E-state index contributed by atoms with van der Waals surface area (Å²) >= 11 is 6.24. The third-order valence-corrected chi connectivity index (χ3v) is 5.46. The highest BCUT2D eigenvalue weighted by Gasteiger charge is 2.30. The van der Waals surface area contributed by atoms with Gasteiger partial charge in [0.15, 0.2) is 0 Å². The molecule has 0 bridgehead atoms. The van der Waals surface area contributed by atoms with E-state index >= 15 is 0 Å².